The van der Waals surface area contributed by atoms with Crippen LogP contribution in [0.2, 0.25) is 5.02 Å². The number of phenols is 1. The molecule has 1 N–H and O–H groups in total. The molecule has 8 heteroatoms. The lowest BCUT2D eigenvalue weighted by molar-refractivity contribution is -0.384. The molecule has 0 fully saturated rings. The second-order valence-corrected chi connectivity index (χ2v) is 8.88. The minimum Gasteiger partial charge on any atom is -0.507 e. The number of phenolic OH excluding ortho intramolecular Hbond substituents is 1. The third-order valence-electron chi connectivity index (χ3n) is 5.33. The fraction of sp³-hybridized carbons (Fsp3) is 0. The van der Waals surface area contributed by atoms with Crippen LogP contribution >= 0.6 is 22.9 Å². The van der Waals surface area contributed by atoms with Crippen LogP contribution in [0.1, 0.15) is 5.56 Å². The molecule has 0 saturated heterocycles. The Morgan fingerprint density at radius 2 is 1.65 bits per heavy atom. The highest BCUT2D eigenvalue weighted by Crippen LogP contribution is 2.41. The molecule has 0 amide bonds. The molecule has 5 rings (SSSR count). The monoisotopic (exact) mass is 485 g/mol. The number of aliphatic imine (C=N–C) groups is 1. The molecule has 0 radical (unpaired) electrons. The highest BCUT2D eigenvalue weighted by Gasteiger charge is 2.16. The minimum atomic E-state index is -0.428. The summed E-state index contributed by atoms with van der Waals surface area (Å²) in [7, 11) is 0. The normalized spacial score (nSPS) is 11.3. The molecule has 0 spiro atoms. The number of non-ortho nitro benzene ring substituents is 1. The first-order chi connectivity index (χ1) is 16.5. The van der Waals surface area contributed by atoms with Gasteiger partial charge in [-0.25, -0.2) is 9.98 Å². The van der Waals surface area contributed by atoms with Gasteiger partial charge in [0.25, 0.3) is 5.69 Å². The maximum absolute atomic E-state index is 11.1. The number of nitro groups is 1. The summed E-state index contributed by atoms with van der Waals surface area (Å²) in [5.74, 6) is 0.132. The number of thiazole rings is 1. The van der Waals surface area contributed by atoms with Gasteiger partial charge in [0.2, 0.25) is 5.13 Å². The Kier molecular flexibility index (Phi) is 5.79. The molecule has 1 aromatic heterocycles. The lowest BCUT2D eigenvalue weighted by atomic mass is 10.0. The van der Waals surface area contributed by atoms with E-state index in [1.165, 1.54) is 23.5 Å². The number of nitro benzene ring substituents is 1. The van der Waals surface area contributed by atoms with Crippen molar-refractivity contribution in [3.8, 4) is 27.4 Å². The number of benzene rings is 4. The lowest BCUT2D eigenvalue weighted by Gasteiger charge is -2.04. The Bertz CT molecular complexity index is 1540. The van der Waals surface area contributed by atoms with E-state index in [4.69, 9.17) is 16.6 Å². The molecular weight excluding hydrogens is 470 g/mol. The van der Waals surface area contributed by atoms with E-state index in [2.05, 4.69) is 4.99 Å². The SMILES string of the molecule is O=[N+]([O-])c1ccc(-c2sc(N=Cc3c(O)ccc4ccccc34)nc2-c2ccc(Cl)cc2)cc1. The lowest BCUT2D eigenvalue weighted by Crippen LogP contribution is -1.87. The van der Waals surface area contributed by atoms with E-state index >= 15 is 0 Å². The Morgan fingerprint density at radius 1 is 0.941 bits per heavy atom. The third kappa shape index (κ3) is 4.26. The summed E-state index contributed by atoms with van der Waals surface area (Å²) >= 11 is 7.42. The van der Waals surface area contributed by atoms with Gasteiger partial charge in [0.1, 0.15) is 5.75 Å². The quantitative estimate of drug-likeness (QED) is 0.157. The minimum absolute atomic E-state index is 0.0194. The van der Waals surface area contributed by atoms with Crippen molar-refractivity contribution in [1.82, 2.24) is 4.98 Å². The number of aromatic hydroxyl groups is 1. The predicted octanol–water partition coefficient (Wildman–Crippen LogP) is 7.65. The number of aromatic nitrogens is 1. The fourth-order valence-electron chi connectivity index (χ4n) is 3.64. The molecule has 0 bridgehead atoms. The van der Waals surface area contributed by atoms with Crippen LogP contribution in [0.4, 0.5) is 10.8 Å². The van der Waals surface area contributed by atoms with Gasteiger partial charge < -0.3 is 5.11 Å². The predicted molar refractivity (Wildman–Crippen MR) is 138 cm³/mol. The van der Waals surface area contributed by atoms with Crippen LogP contribution in [0.5, 0.6) is 5.75 Å². The molecule has 0 aliphatic heterocycles. The molecular formula is C26H16ClN3O3S. The zero-order chi connectivity index (χ0) is 23.7. The van der Waals surface area contributed by atoms with Crippen LogP contribution in [0, 0.1) is 10.1 Å². The van der Waals surface area contributed by atoms with Crippen molar-refractivity contribution >= 4 is 50.7 Å². The zero-order valence-corrected chi connectivity index (χ0v) is 19.1. The number of rotatable bonds is 5. The molecule has 1 heterocycles. The molecule has 0 saturated carbocycles. The van der Waals surface area contributed by atoms with Gasteiger partial charge in [0.05, 0.1) is 15.5 Å². The van der Waals surface area contributed by atoms with Crippen LogP contribution < -0.4 is 0 Å². The van der Waals surface area contributed by atoms with Crippen molar-refractivity contribution in [3.05, 3.63) is 106 Å². The molecule has 0 atom stereocenters. The van der Waals surface area contributed by atoms with Crippen LogP contribution in [-0.2, 0) is 0 Å². The van der Waals surface area contributed by atoms with Gasteiger partial charge in [-0.15, -0.1) is 0 Å². The standard InChI is InChI=1S/C26H16ClN3O3S/c27-19-10-5-17(6-11-19)24-25(18-7-12-20(13-8-18)30(32)33)34-26(29-24)28-15-22-21-4-2-1-3-16(21)9-14-23(22)31/h1-15,31H. The summed E-state index contributed by atoms with van der Waals surface area (Å²) in [6, 6.07) is 24.9. The van der Waals surface area contributed by atoms with E-state index in [9.17, 15) is 15.2 Å². The number of halogens is 1. The average molecular weight is 486 g/mol. The van der Waals surface area contributed by atoms with Crippen molar-refractivity contribution in [2.24, 2.45) is 4.99 Å². The molecule has 0 unspecified atom stereocenters. The van der Waals surface area contributed by atoms with Crippen molar-refractivity contribution in [1.29, 1.82) is 0 Å². The van der Waals surface area contributed by atoms with Crippen LogP contribution in [-0.4, -0.2) is 21.2 Å². The van der Waals surface area contributed by atoms with E-state index in [1.807, 2.05) is 42.5 Å². The molecule has 6 nitrogen and oxygen atoms in total. The molecule has 166 valence electrons. The van der Waals surface area contributed by atoms with Gasteiger partial charge in [0.15, 0.2) is 0 Å². The Balaban J connectivity index is 1.60. The number of nitrogens with zero attached hydrogens (tertiary/aromatic N) is 3. The summed E-state index contributed by atoms with van der Waals surface area (Å²) in [5.41, 5.74) is 2.97. The summed E-state index contributed by atoms with van der Waals surface area (Å²) in [4.78, 5) is 20.8. The van der Waals surface area contributed by atoms with Gasteiger partial charge >= 0.3 is 0 Å². The van der Waals surface area contributed by atoms with Crippen molar-refractivity contribution < 1.29 is 10.0 Å². The second kappa shape index (κ2) is 9.05. The molecule has 0 aliphatic carbocycles. The van der Waals surface area contributed by atoms with E-state index in [0.29, 0.717) is 21.4 Å². The van der Waals surface area contributed by atoms with Crippen molar-refractivity contribution in [2.75, 3.05) is 0 Å². The van der Waals surface area contributed by atoms with E-state index < -0.39 is 4.92 Å². The second-order valence-electron chi connectivity index (χ2n) is 7.46. The van der Waals surface area contributed by atoms with E-state index in [1.54, 1.807) is 36.5 Å². The fourth-order valence-corrected chi connectivity index (χ4v) is 4.70. The summed E-state index contributed by atoms with van der Waals surface area (Å²) in [6.07, 6.45) is 1.61. The van der Waals surface area contributed by atoms with Crippen LogP contribution in [0.15, 0.2) is 89.9 Å². The first kappa shape index (κ1) is 21.8. The maximum Gasteiger partial charge on any atom is 0.269 e. The molecule has 0 aliphatic rings. The van der Waals surface area contributed by atoms with Gasteiger partial charge in [0, 0.05) is 34.5 Å². The average Bonchev–Trinajstić information content (AvgIpc) is 3.28. The Morgan fingerprint density at radius 3 is 2.38 bits per heavy atom. The van der Waals surface area contributed by atoms with Crippen molar-refractivity contribution in [3.63, 3.8) is 0 Å². The molecule has 5 aromatic rings. The van der Waals surface area contributed by atoms with Gasteiger partial charge in [-0.2, -0.15) is 0 Å². The zero-order valence-electron chi connectivity index (χ0n) is 17.6. The van der Waals surface area contributed by atoms with E-state index in [-0.39, 0.29) is 11.4 Å². The third-order valence-corrected chi connectivity index (χ3v) is 6.59. The number of hydrogen-bond acceptors (Lipinski definition) is 6. The van der Waals surface area contributed by atoms with E-state index in [0.717, 1.165) is 26.8 Å². The largest absolute Gasteiger partial charge is 0.507 e. The topological polar surface area (TPSA) is 88.6 Å². The summed E-state index contributed by atoms with van der Waals surface area (Å²) < 4.78 is 0. The first-order valence-corrected chi connectivity index (χ1v) is 11.5. The Hall–Kier alpha value is -4.07. The van der Waals surface area contributed by atoms with Gasteiger partial charge in [-0.1, -0.05) is 65.4 Å². The number of hydrogen-bond donors (Lipinski definition) is 1. The first-order valence-electron chi connectivity index (χ1n) is 10.3. The molecule has 4 aromatic carbocycles. The smallest absolute Gasteiger partial charge is 0.269 e. The highest BCUT2D eigenvalue weighted by atomic mass is 35.5. The Labute approximate surface area is 203 Å². The molecule has 34 heavy (non-hydrogen) atoms. The van der Waals surface area contributed by atoms with Crippen LogP contribution in [0.25, 0.3) is 32.5 Å². The van der Waals surface area contributed by atoms with Crippen molar-refractivity contribution in [2.45, 2.75) is 0 Å². The number of fused-ring (bicyclic) bond motifs is 1. The summed E-state index contributed by atoms with van der Waals surface area (Å²) in [5, 5.41) is 24.5. The van der Waals surface area contributed by atoms with Crippen LogP contribution in [0.3, 0.4) is 0 Å². The summed E-state index contributed by atoms with van der Waals surface area (Å²) in [6.45, 7) is 0. The van der Waals surface area contributed by atoms with Gasteiger partial charge in [-0.3, -0.25) is 10.1 Å². The van der Waals surface area contributed by atoms with Gasteiger partial charge in [-0.05, 0) is 46.7 Å². The maximum atomic E-state index is 11.1. The highest BCUT2D eigenvalue weighted by molar-refractivity contribution is 7.19.